The van der Waals surface area contributed by atoms with Crippen molar-refractivity contribution in [1.82, 2.24) is 5.16 Å². The van der Waals surface area contributed by atoms with Crippen LogP contribution in [0.3, 0.4) is 0 Å². The van der Waals surface area contributed by atoms with Crippen LogP contribution in [0.4, 0.5) is 14.6 Å². The Bertz CT molecular complexity index is 493. The Labute approximate surface area is 88.4 Å². The van der Waals surface area contributed by atoms with Crippen LogP contribution >= 0.6 is 11.6 Å². The van der Waals surface area contributed by atoms with Crippen LogP contribution in [0.25, 0.3) is 11.3 Å². The van der Waals surface area contributed by atoms with E-state index >= 15 is 0 Å². The van der Waals surface area contributed by atoms with Gasteiger partial charge in [-0.2, -0.15) is 0 Å². The number of nitrogens with two attached hydrogens (primary N) is 1. The second-order valence-corrected chi connectivity index (χ2v) is 3.25. The quantitative estimate of drug-likeness (QED) is 0.820. The molecule has 0 atom stereocenters. The number of halogens is 3. The first-order valence-electron chi connectivity index (χ1n) is 3.95. The van der Waals surface area contributed by atoms with Crippen LogP contribution in [0.15, 0.2) is 22.7 Å². The zero-order valence-electron chi connectivity index (χ0n) is 7.30. The van der Waals surface area contributed by atoms with Crippen molar-refractivity contribution in [3.8, 4) is 11.3 Å². The first-order valence-corrected chi connectivity index (χ1v) is 4.33. The molecule has 0 aliphatic heterocycles. The molecule has 6 heteroatoms. The lowest BCUT2D eigenvalue weighted by atomic mass is 10.1. The van der Waals surface area contributed by atoms with Crippen LogP contribution in [0.2, 0.25) is 5.02 Å². The standard InChI is InChI=1S/C9H5ClF2N2O/c10-7-8(15-14-9(7)13)4-1-5(11)3-6(12)2-4/h1-3H,(H2,13,14). The minimum Gasteiger partial charge on any atom is -0.380 e. The van der Waals surface area contributed by atoms with Gasteiger partial charge in [0.25, 0.3) is 0 Å². The van der Waals surface area contributed by atoms with Crippen molar-refractivity contribution in [3.63, 3.8) is 0 Å². The van der Waals surface area contributed by atoms with E-state index in [0.717, 1.165) is 18.2 Å². The number of nitrogens with zero attached hydrogens (tertiary/aromatic N) is 1. The zero-order chi connectivity index (χ0) is 11.0. The smallest absolute Gasteiger partial charge is 0.187 e. The van der Waals surface area contributed by atoms with Gasteiger partial charge in [0.05, 0.1) is 0 Å². The number of aromatic nitrogens is 1. The molecule has 2 aromatic rings. The van der Waals surface area contributed by atoms with Gasteiger partial charge in [-0.05, 0) is 12.1 Å². The van der Waals surface area contributed by atoms with E-state index < -0.39 is 11.6 Å². The third-order valence-corrected chi connectivity index (χ3v) is 2.15. The van der Waals surface area contributed by atoms with Crippen molar-refractivity contribution < 1.29 is 13.3 Å². The lowest BCUT2D eigenvalue weighted by Crippen LogP contribution is -1.85. The molecular formula is C9H5ClF2N2O. The highest BCUT2D eigenvalue weighted by molar-refractivity contribution is 6.35. The van der Waals surface area contributed by atoms with Crippen LogP contribution < -0.4 is 5.73 Å². The molecule has 2 N–H and O–H groups in total. The fourth-order valence-corrected chi connectivity index (χ4v) is 1.33. The third kappa shape index (κ3) is 1.78. The Morgan fingerprint density at radius 3 is 2.27 bits per heavy atom. The summed E-state index contributed by atoms with van der Waals surface area (Å²) in [7, 11) is 0. The summed E-state index contributed by atoms with van der Waals surface area (Å²) in [6, 6.07) is 2.90. The first-order chi connectivity index (χ1) is 7.08. The molecular weight excluding hydrogens is 226 g/mol. The highest BCUT2D eigenvalue weighted by Crippen LogP contribution is 2.32. The molecule has 1 heterocycles. The summed E-state index contributed by atoms with van der Waals surface area (Å²) in [5, 5.41) is 3.42. The fourth-order valence-electron chi connectivity index (χ4n) is 1.16. The molecule has 0 bridgehead atoms. The summed E-state index contributed by atoms with van der Waals surface area (Å²) in [5.74, 6) is -1.42. The van der Waals surface area contributed by atoms with Crippen LogP contribution in [0, 0.1) is 11.6 Å². The van der Waals surface area contributed by atoms with Crippen LogP contribution in [-0.2, 0) is 0 Å². The Morgan fingerprint density at radius 1 is 1.20 bits per heavy atom. The van der Waals surface area contributed by atoms with E-state index in [9.17, 15) is 8.78 Å². The first kappa shape index (κ1) is 9.92. The molecule has 0 radical (unpaired) electrons. The average molecular weight is 231 g/mol. The maximum absolute atomic E-state index is 12.9. The molecule has 0 saturated heterocycles. The minimum atomic E-state index is -0.726. The van der Waals surface area contributed by atoms with Gasteiger partial charge in [-0.25, -0.2) is 8.78 Å². The van der Waals surface area contributed by atoms with E-state index in [1.165, 1.54) is 0 Å². The van der Waals surface area contributed by atoms with Gasteiger partial charge in [-0.15, -0.1) is 0 Å². The number of hydrogen-bond acceptors (Lipinski definition) is 3. The Hall–Kier alpha value is -1.62. The highest BCUT2D eigenvalue weighted by Gasteiger charge is 2.15. The van der Waals surface area contributed by atoms with E-state index in [-0.39, 0.29) is 22.2 Å². The van der Waals surface area contributed by atoms with Gasteiger partial charge in [0.15, 0.2) is 11.6 Å². The molecule has 78 valence electrons. The maximum atomic E-state index is 12.9. The second-order valence-electron chi connectivity index (χ2n) is 2.87. The van der Waals surface area contributed by atoms with E-state index in [0.29, 0.717) is 0 Å². The van der Waals surface area contributed by atoms with Gasteiger partial charge in [0, 0.05) is 11.6 Å². The van der Waals surface area contributed by atoms with Gasteiger partial charge in [-0.1, -0.05) is 16.8 Å². The summed E-state index contributed by atoms with van der Waals surface area (Å²) < 4.78 is 30.5. The van der Waals surface area contributed by atoms with Crippen molar-refractivity contribution in [2.45, 2.75) is 0 Å². The van der Waals surface area contributed by atoms with E-state index in [1.54, 1.807) is 0 Å². The summed E-state index contributed by atoms with van der Waals surface area (Å²) in [6.45, 7) is 0. The monoisotopic (exact) mass is 230 g/mol. The summed E-state index contributed by atoms with van der Waals surface area (Å²) >= 11 is 5.72. The molecule has 0 aliphatic carbocycles. The normalized spacial score (nSPS) is 10.6. The topological polar surface area (TPSA) is 52.0 Å². The molecule has 0 saturated carbocycles. The van der Waals surface area contributed by atoms with Gasteiger partial charge in [-0.3, -0.25) is 0 Å². The van der Waals surface area contributed by atoms with Gasteiger partial charge in [0.2, 0.25) is 0 Å². The van der Waals surface area contributed by atoms with Gasteiger partial charge in [0.1, 0.15) is 16.7 Å². The lowest BCUT2D eigenvalue weighted by molar-refractivity contribution is 0.435. The van der Waals surface area contributed by atoms with Crippen molar-refractivity contribution in [3.05, 3.63) is 34.9 Å². The van der Waals surface area contributed by atoms with Crippen molar-refractivity contribution in [2.24, 2.45) is 0 Å². The molecule has 0 unspecified atom stereocenters. The fraction of sp³-hybridized carbons (Fsp3) is 0. The number of anilines is 1. The molecule has 0 aliphatic rings. The maximum Gasteiger partial charge on any atom is 0.187 e. The molecule has 1 aromatic carbocycles. The zero-order valence-corrected chi connectivity index (χ0v) is 8.05. The SMILES string of the molecule is Nc1noc(-c2cc(F)cc(F)c2)c1Cl. The second kappa shape index (κ2) is 3.51. The van der Waals surface area contributed by atoms with Crippen LogP contribution in [0.1, 0.15) is 0 Å². The predicted molar refractivity (Wildman–Crippen MR) is 51.3 cm³/mol. The van der Waals surface area contributed by atoms with Gasteiger partial charge < -0.3 is 10.3 Å². The highest BCUT2D eigenvalue weighted by atomic mass is 35.5. The Morgan fingerprint density at radius 2 is 1.80 bits per heavy atom. The number of rotatable bonds is 1. The van der Waals surface area contributed by atoms with E-state index in [1.807, 2.05) is 0 Å². The molecule has 2 rings (SSSR count). The minimum absolute atomic E-state index is 0.0173. The average Bonchev–Trinajstić information content (AvgIpc) is 2.46. The molecule has 0 amide bonds. The number of hydrogen-bond donors (Lipinski definition) is 1. The van der Waals surface area contributed by atoms with Crippen LogP contribution in [-0.4, -0.2) is 5.16 Å². The van der Waals surface area contributed by atoms with Crippen molar-refractivity contribution in [1.29, 1.82) is 0 Å². The lowest BCUT2D eigenvalue weighted by Gasteiger charge is -1.97. The number of benzene rings is 1. The van der Waals surface area contributed by atoms with E-state index in [2.05, 4.69) is 5.16 Å². The molecule has 15 heavy (non-hydrogen) atoms. The molecule has 1 aromatic heterocycles. The van der Waals surface area contributed by atoms with E-state index in [4.69, 9.17) is 21.9 Å². The number of nitrogen functional groups attached to an aromatic ring is 1. The molecule has 3 nitrogen and oxygen atoms in total. The Kier molecular flexibility index (Phi) is 2.32. The predicted octanol–water partition coefficient (Wildman–Crippen LogP) is 2.86. The molecule has 0 fully saturated rings. The van der Waals surface area contributed by atoms with Crippen molar-refractivity contribution in [2.75, 3.05) is 5.73 Å². The third-order valence-electron chi connectivity index (χ3n) is 1.78. The summed E-state index contributed by atoms with van der Waals surface area (Å²) in [4.78, 5) is 0. The largest absolute Gasteiger partial charge is 0.380 e. The summed E-state index contributed by atoms with van der Waals surface area (Å²) in [6.07, 6.45) is 0. The molecule has 0 spiro atoms. The Balaban J connectivity index is 2.58. The van der Waals surface area contributed by atoms with Crippen LogP contribution in [0.5, 0.6) is 0 Å². The van der Waals surface area contributed by atoms with Crippen molar-refractivity contribution >= 4 is 17.4 Å². The van der Waals surface area contributed by atoms with Gasteiger partial charge >= 0.3 is 0 Å². The summed E-state index contributed by atoms with van der Waals surface area (Å²) in [5.41, 5.74) is 5.48.